The molecular weight excluding hydrogens is 322 g/mol. The van der Waals surface area contributed by atoms with E-state index in [1.807, 2.05) is 6.07 Å². The molecule has 0 aliphatic carbocycles. The van der Waals surface area contributed by atoms with Crippen LogP contribution in [0.1, 0.15) is 12.5 Å². The summed E-state index contributed by atoms with van der Waals surface area (Å²) in [5, 5.41) is 12.2. The predicted octanol–water partition coefficient (Wildman–Crippen LogP) is 1.98. The molecule has 0 saturated carbocycles. The second kappa shape index (κ2) is 6.73. The Morgan fingerprint density at radius 3 is 2.85 bits per heavy atom. The number of rotatable bonds is 3. The van der Waals surface area contributed by atoms with Gasteiger partial charge in [-0.1, -0.05) is 15.9 Å². The number of nitrogens with zero attached hydrogens (tertiary/aromatic N) is 2. The van der Waals surface area contributed by atoms with Crippen LogP contribution in [0.4, 0.5) is 5.69 Å². The van der Waals surface area contributed by atoms with E-state index < -0.39 is 0 Å². The standard InChI is InChI=1S/C14H16BrN3O2/c1-10(14(19)18-4-6-20-7-5-18)17-13-3-2-12(15)8-11(13)9-16/h2-3,8,10,17H,4-7H2,1H3. The molecule has 1 heterocycles. The summed E-state index contributed by atoms with van der Waals surface area (Å²) in [5.74, 6) is 0.0279. The van der Waals surface area contributed by atoms with Gasteiger partial charge in [-0.2, -0.15) is 5.26 Å². The van der Waals surface area contributed by atoms with E-state index in [0.717, 1.165) is 4.47 Å². The summed E-state index contributed by atoms with van der Waals surface area (Å²) in [6.45, 7) is 4.22. The number of halogens is 1. The van der Waals surface area contributed by atoms with E-state index in [1.165, 1.54) is 0 Å². The molecule has 6 heteroatoms. The maximum absolute atomic E-state index is 12.3. The van der Waals surface area contributed by atoms with E-state index in [9.17, 15) is 4.79 Å². The maximum atomic E-state index is 12.3. The lowest BCUT2D eigenvalue weighted by molar-refractivity contribution is -0.135. The van der Waals surface area contributed by atoms with Crippen molar-refractivity contribution in [3.05, 3.63) is 28.2 Å². The molecule has 20 heavy (non-hydrogen) atoms. The Morgan fingerprint density at radius 1 is 1.50 bits per heavy atom. The first-order valence-electron chi connectivity index (χ1n) is 6.44. The van der Waals surface area contributed by atoms with Crippen LogP contribution in [0.25, 0.3) is 0 Å². The number of hydrogen-bond acceptors (Lipinski definition) is 4. The van der Waals surface area contributed by atoms with E-state index in [4.69, 9.17) is 10.00 Å². The lowest BCUT2D eigenvalue weighted by Gasteiger charge is -2.29. The smallest absolute Gasteiger partial charge is 0.244 e. The number of carbonyl (C=O) groups is 1. The molecule has 1 aliphatic heterocycles. The molecule has 1 aliphatic rings. The SMILES string of the molecule is CC(Nc1ccc(Br)cc1C#N)C(=O)N1CCOCC1. The third kappa shape index (κ3) is 3.50. The first-order chi connectivity index (χ1) is 9.61. The Balaban J connectivity index is 2.05. The minimum atomic E-state index is -0.374. The highest BCUT2D eigenvalue weighted by atomic mass is 79.9. The maximum Gasteiger partial charge on any atom is 0.244 e. The highest BCUT2D eigenvalue weighted by Crippen LogP contribution is 2.21. The Labute approximate surface area is 126 Å². The van der Waals surface area contributed by atoms with Crippen LogP contribution in [0.3, 0.4) is 0 Å². The molecule has 2 rings (SSSR count). The quantitative estimate of drug-likeness (QED) is 0.915. The average Bonchev–Trinajstić information content (AvgIpc) is 2.49. The van der Waals surface area contributed by atoms with Crippen LogP contribution < -0.4 is 5.32 Å². The van der Waals surface area contributed by atoms with Gasteiger partial charge in [-0.25, -0.2) is 0 Å². The number of ether oxygens (including phenoxy) is 1. The average molecular weight is 338 g/mol. The summed E-state index contributed by atoms with van der Waals surface area (Å²) in [6, 6.07) is 7.12. The number of morpholine rings is 1. The van der Waals surface area contributed by atoms with Gasteiger partial charge in [0, 0.05) is 17.6 Å². The molecule has 1 unspecified atom stereocenters. The van der Waals surface area contributed by atoms with Gasteiger partial charge in [0.15, 0.2) is 0 Å². The second-order valence-corrected chi connectivity index (χ2v) is 5.52. The minimum absolute atomic E-state index is 0.0279. The molecule has 0 spiro atoms. The van der Waals surface area contributed by atoms with E-state index >= 15 is 0 Å². The third-order valence-corrected chi connectivity index (χ3v) is 3.66. The van der Waals surface area contributed by atoms with Crippen molar-refractivity contribution in [1.82, 2.24) is 4.90 Å². The Morgan fingerprint density at radius 2 is 2.20 bits per heavy atom. The largest absolute Gasteiger partial charge is 0.378 e. The number of amides is 1. The topological polar surface area (TPSA) is 65.4 Å². The summed E-state index contributed by atoms with van der Waals surface area (Å²) in [6.07, 6.45) is 0. The number of nitrogens with one attached hydrogen (secondary N) is 1. The fourth-order valence-electron chi connectivity index (χ4n) is 2.09. The molecule has 1 aromatic carbocycles. The van der Waals surface area contributed by atoms with E-state index in [0.29, 0.717) is 37.6 Å². The first-order valence-corrected chi connectivity index (χ1v) is 7.24. The zero-order chi connectivity index (χ0) is 14.5. The first kappa shape index (κ1) is 14.8. The molecule has 5 nitrogen and oxygen atoms in total. The Kier molecular flexibility index (Phi) is 4.99. The van der Waals surface area contributed by atoms with Crippen LogP contribution in [0.5, 0.6) is 0 Å². The molecule has 1 saturated heterocycles. The van der Waals surface area contributed by atoms with Gasteiger partial charge >= 0.3 is 0 Å². The van der Waals surface area contributed by atoms with E-state index in [2.05, 4.69) is 27.3 Å². The van der Waals surface area contributed by atoms with Crippen molar-refractivity contribution in [2.45, 2.75) is 13.0 Å². The van der Waals surface area contributed by atoms with Crippen molar-refractivity contribution in [1.29, 1.82) is 5.26 Å². The van der Waals surface area contributed by atoms with Crippen LogP contribution in [-0.4, -0.2) is 43.2 Å². The van der Waals surface area contributed by atoms with Crippen molar-refractivity contribution in [2.24, 2.45) is 0 Å². The Hall–Kier alpha value is -1.58. The van der Waals surface area contributed by atoms with Crippen LogP contribution in [0.2, 0.25) is 0 Å². The summed E-state index contributed by atoms with van der Waals surface area (Å²) in [4.78, 5) is 14.1. The zero-order valence-electron chi connectivity index (χ0n) is 11.2. The summed E-state index contributed by atoms with van der Waals surface area (Å²) >= 11 is 3.33. The monoisotopic (exact) mass is 337 g/mol. The summed E-state index contributed by atoms with van der Waals surface area (Å²) < 4.78 is 6.07. The van der Waals surface area contributed by atoms with Gasteiger partial charge in [0.05, 0.1) is 24.5 Å². The van der Waals surface area contributed by atoms with Crippen LogP contribution in [0.15, 0.2) is 22.7 Å². The van der Waals surface area contributed by atoms with E-state index in [1.54, 1.807) is 24.0 Å². The molecule has 1 aromatic rings. The van der Waals surface area contributed by atoms with E-state index in [-0.39, 0.29) is 11.9 Å². The van der Waals surface area contributed by atoms with Gasteiger partial charge in [-0.3, -0.25) is 4.79 Å². The second-order valence-electron chi connectivity index (χ2n) is 4.61. The summed E-state index contributed by atoms with van der Waals surface area (Å²) in [5.41, 5.74) is 1.19. The number of hydrogen-bond donors (Lipinski definition) is 1. The minimum Gasteiger partial charge on any atom is -0.378 e. The van der Waals surface area contributed by atoms with Gasteiger partial charge in [-0.05, 0) is 25.1 Å². The fraction of sp³-hybridized carbons (Fsp3) is 0.429. The highest BCUT2D eigenvalue weighted by molar-refractivity contribution is 9.10. The van der Waals surface area contributed by atoms with Crippen molar-refractivity contribution in [3.63, 3.8) is 0 Å². The molecule has 106 valence electrons. The number of benzene rings is 1. The lowest BCUT2D eigenvalue weighted by Crippen LogP contribution is -2.47. The molecule has 1 N–H and O–H groups in total. The normalized spacial score (nSPS) is 16.4. The van der Waals surface area contributed by atoms with Crippen molar-refractivity contribution in [2.75, 3.05) is 31.6 Å². The van der Waals surface area contributed by atoms with Gasteiger partial charge in [0.1, 0.15) is 12.1 Å². The van der Waals surface area contributed by atoms with Gasteiger partial charge in [-0.15, -0.1) is 0 Å². The molecule has 0 aromatic heterocycles. The zero-order valence-corrected chi connectivity index (χ0v) is 12.8. The number of anilines is 1. The highest BCUT2D eigenvalue weighted by Gasteiger charge is 2.22. The van der Waals surface area contributed by atoms with Gasteiger partial charge < -0.3 is 15.0 Å². The van der Waals surface area contributed by atoms with Crippen LogP contribution in [-0.2, 0) is 9.53 Å². The van der Waals surface area contributed by atoms with Gasteiger partial charge in [0.25, 0.3) is 0 Å². The molecule has 1 atom stereocenters. The van der Waals surface area contributed by atoms with Crippen LogP contribution >= 0.6 is 15.9 Å². The van der Waals surface area contributed by atoms with Crippen molar-refractivity contribution < 1.29 is 9.53 Å². The summed E-state index contributed by atoms with van der Waals surface area (Å²) in [7, 11) is 0. The predicted molar refractivity (Wildman–Crippen MR) is 79.3 cm³/mol. The fourth-order valence-corrected chi connectivity index (χ4v) is 2.45. The molecule has 1 fully saturated rings. The lowest BCUT2D eigenvalue weighted by atomic mass is 10.1. The molecular formula is C14H16BrN3O2. The molecule has 0 radical (unpaired) electrons. The number of nitriles is 1. The van der Waals surface area contributed by atoms with Crippen molar-refractivity contribution >= 4 is 27.5 Å². The third-order valence-electron chi connectivity index (χ3n) is 3.17. The van der Waals surface area contributed by atoms with Crippen molar-refractivity contribution in [3.8, 4) is 6.07 Å². The molecule has 0 bridgehead atoms. The Bertz CT molecular complexity index is 536. The molecule has 1 amide bonds. The van der Waals surface area contributed by atoms with Crippen LogP contribution in [0, 0.1) is 11.3 Å². The number of carbonyl (C=O) groups excluding carboxylic acids is 1. The van der Waals surface area contributed by atoms with Gasteiger partial charge in [0.2, 0.25) is 5.91 Å².